The molecular weight excluding hydrogens is 394 g/mol. The molecule has 4 aromatic rings. The van der Waals surface area contributed by atoms with Crippen molar-refractivity contribution >= 4 is 39.9 Å². The van der Waals surface area contributed by atoms with Crippen molar-refractivity contribution in [2.45, 2.75) is 6.54 Å². The molecule has 5 N–H and O–H groups in total. The molecule has 0 unspecified atom stereocenters. The van der Waals surface area contributed by atoms with E-state index >= 15 is 0 Å². The van der Waals surface area contributed by atoms with E-state index < -0.39 is 0 Å². The molecule has 0 spiro atoms. The lowest BCUT2D eigenvalue weighted by Gasteiger charge is -2.17. The summed E-state index contributed by atoms with van der Waals surface area (Å²) in [7, 11) is 0. The normalized spacial score (nSPS) is 12.5. The van der Waals surface area contributed by atoms with E-state index in [0.717, 1.165) is 22.2 Å². The number of hydrazine groups is 2. The minimum atomic E-state index is 0.0605. The lowest BCUT2D eigenvalue weighted by Crippen LogP contribution is -2.35. The second kappa shape index (κ2) is 8.38. The van der Waals surface area contributed by atoms with Crippen LogP contribution in [0.5, 0.6) is 0 Å². The molecule has 0 aliphatic carbocycles. The monoisotopic (exact) mass is 415 g/mol. The SMILES string of the molecule is OCCNc1ccnc(Nc2cnc3c(n2)N(Cc2ccc4ncccc4c2)NN3)c1. The quantitative estimate of drug-likeness (QED) is 0.307. The van der Waals surface area contributed by atoms with Crippen LogP contribution in [0.2, 0.25) is 0 Å². The van der Waals surface area contributed by atoms with E-state index in [9.17, 15) is 0 Å². The minimum absolute atomic E-state index is 0.0605. The van der Waals surface area contributed by atoms with Gasteiger partial charge >= 0.3 is 0 Å². The number of pyridine rings is 2. The molecule has 10 nitrogen and oxygen atoms in total. The third-order valence-corrected chi connectivity index (χ3v) is 4.78. The molecule has 1 aliphatic heterocycles. The molecule has 0 fully saturated rings. The molecule has 0 saturated carbocycles. The van der Waals surface area contributed by atoms with Crippen LogP contribution in [0.15, 0.2) is 61.1 Å². The van der Waals surface area contributed by atoms with Gasteiger partial charge in [-0.15, -0.1) is 5.53 Å². The van der Waals surface area contributed by atoms with E-state index in [0.29, 0.717) is 36.4 Å². The van der Waals surface area contributed by atoms with Crippen molar-refractivity contribution in [2.75, 3.05) is 34.2 Å². The highest BCUT2D eigenvalue weighted by atomic mass is 16.3. The molecule has 5 rings (SSSR count). The van der Waals surface area contributed by atoms with E-state index in [1.807, 2.05) is 35.3 Å². The predicted molar refractivity (Wildman–Crippen MR) is 120 cm³/mol. The maximum atomic E-state index is 8.97. The zero-order valence-electron chi connectivity index (χ0n) is 16.6. The van der Waals surface area contributed by atoms with Gasteiger partial charge in [0.25, 0.3) is 0 Å². The number of aliphatic hydroxyl groups excluding tert-OH is 1. The van der Waals surface area contributed by atoms with Gasteiger partial charge in [-0.1, -0.05) is 12.1 Å². The largest absolute Gasteiger partial charge is 0.395 e. The number of rotatable bonds is 7. The Kier molecular flexibility index (Phi) is 5.13. The number of benzene rings is 1. The van der Waals surface area contributed by atoms with Crippen LogP contribution in [0.1, 0.15) is 5.56 Å². The van der Waals surface area contributed by atoms with Gasteiger partial charge in [0.2, 0.25) is 0 Å². The van der Waals surface area contributed by atoms with Crippen LogP contribution in [0.25, 0.3) is 10.9 Å². The molecule has 1 aromatic carbocycles. The van der Waals surface area contributed by atoms with Gasteiger partial charge < -0.3 is 15.7 Å². The molecule has 3 aromatic heterocycles. The van der Waals surface area contributed by atoms with Crippen molar-refractivity contribution in [3.05, 3.63) is 66.6 Å². The Morgan fingerprint density at radius 3 is 2.90 bits per heavy atom. The fraction of sp³-hybridized carbons (Fsp3) is 0.143. The van der Waals surface area contributed by atoms with E-state index in [1.165, 1.54) is 0 Å². The summed E-state index contributed by atoms with van der Waals surface area (Å²) >= 11 is 0. The number of anilines is 5. The Hall–Kier alpha value is -4.02. The Morgan fingerprint density at radius 2 is 1.97 bits per heavy atom. The smallest absolute Gasteiger partial charge is 0.191 e. The second-order valence-electron chi connectivity index (χ2n) is 6.99. The lowest BCUT2D eigenvalue weighted by atomic mass is 10.1. The Balaban J connectivity index is 1.34. The van der Waals surface area contributed by atoms with Crippen LogP contribution in [-0.4, -0.2) is 38.2 Å². The summed E-state index contributed by atoms with van der Waals surface area (Å²) in [6, 6.07) is 13.9. The van der Waals surface area contributed by atoms with Crippen molar-refractivity contribution in [3.8, 4) is 0 Å². The third kappa shape index (κ3) is 4.15. The zero-order valence-corrected chi connectivity index (χ0v) is 16.6. The van der Waals surface area contributed by atoms with Crippen molar-refractivity contribution < 1.29 is 5.11 Å². The van der Waals surface area contributed by atoms with Gasteiger partial charge in [-0.2, -0.15) is 0 Å². The standard InChI is InChI=1S/C21H21N9O/c31-9-8-22-16-5-7-24-18(11-16)26-19-12-25-20-21(27-19)30(29-28-20)13-14-3-4-17-15(10-14)2-1-6-23-17/h1-7,10-12,29,31H,8-9,13H2,(H,25,28)(H2,22,24,26,27). The molecule has 156 valence electrons. The molecule has 10 heteroatoms. The average molecular weight is 415 g/mol. The van der Waals surface area contributed by atoms with Crippen LogP contribution in [0, 0.1) is 0 Å². The van der Waals surface area contributed by atoms with Crippen molar-refractivity contribution in [1.82, 2.24) is 25.5 Å². The summed E-state index contributed by atoms with van der Waals surface area (Å²) in [5.74, 6) is 2.54. The van der Waals surface area contributed by atoms with Crippen LogP contribution in [-0.2, 0) is 6.54 Å². The van der Waals surface area contributed by atoms with E-state index in [4.69, 9.17) is 10.1 Å². The summed E-state index contributed by atoms with van der Waals surface area (Å²) in [6.45, 7) is 1.13. The summed E-state index contributed by atoms with van der Waals surface area (Å²) < 4.78 is 0. The molecule has 31 heavy (non-hydrogen) atoms. The number of nitrogens with one attached hydrogen (secondary N) is 4. The summed E-state index contributed by atoms with van der Waals surface area (Å²) in [4.78, 5) is 17.8. The Labute approximate surface area is 178 Å². The summed E-state index contributed by atoms with van der Waals surface area (Å²) in [5.41, 5.74) is 9.09. The van der Waals surface area contributed by atoms with Crippen LogP contribution >= 0.6 is 0 Å². The molecular formula is C21H21N9O. The molecule has 0 atom stereocenters. The van der Waals surface area contributed by atoms with E-state index in [1.54, 1.807) is 18.6 Å². The first kappa shape index (κ1) is 19.0. The van der Waals surface area contributed by atoms with E-state index in [2.05, 4.69) is 48.7 Å². The van der Waals surface area contributed by atoms with Gasteiger partial charge in [-0.25, -0.2) is 15.0 Å². The average Bonchev–Trinajstić information content (AvgIpc) is 3.20. The molecule has 0 amide bonds. The molecule has 4 heterocycles. The van der Waals surface area contributed by atoms with Gasteiger partial charge in [0.1, 0.15) is 5.82 Å². The first-order valence-corrected chi connectivity index (χ1v) is 9.86. The maximum Gasteiger partial charge on any atom is 0.191 e. The summed E-state index contributed by atoms with van der Waals surface area (Å²) in [5, 5.41) is 18.3. The third-order valence-electron chi connectivity index (χ3n) is 4.78. The highest BCUT2D eigenvalue weighted by molar-refractivity contribution is 5.79. The maximum absolute atomic E-state index is 8.97. The Morgan fingerprint density at radius 1 is 1.00 bits per heavy atom. The van der Waals surface area contributed by atoms with Gasteiger partial charge in [0.05, 0.1) is 24.9 Å². The number of hydrogen-bond acceptors (Lipinski definition) is 10. The molecule has 0 saturated heterocycles. The van der Waals surface area contributed by atoms with E-state index in [-0.39, 0.29) is 6.61 Å². The van der Waals surface area contributed by atoms with Crippen LogP contribution in [0.3, 0.4) is 0 Å². The number of aliphatic hydroxyl groups is 1. The van der Waals surface area contributed by atoms with Crippen molar-refractivity contribution in [1.29, 1.82) is 0 Å². The van der Waals surface area contributed by atoms with Gasteiger partial charge in [-0.05, 0) is 29.8 Å². The first-order valence-electron chi connectivity index (χ1n) is 9.86. The van der Waals surface area contributed by atoms with Gasteiger partial charge in [0.15, 0.2) is 17.5 Å². The highest BCUT2D eigenvalue weighted by Crippen LogP contribution is 2.28. The zero-order chi connectivity index (χ0) is 21.0. The Bertz CT molecular complexity index is 1220. The first-order chi connectivity index (χ1) is 15.3. The lowest BCUT2D eigenvalue weighted by molar-refractivity contribution is 0.311. The van der Waals surface area contributed by atoms with Gasteiger partial charge in [0, 0.05) is 36.1 Å². The fourth-order valence-electron chi connectivity index (χ4n) is 3.35. The van der Waals surface area contributed by atoms with Crippen molar-refractivity contribution in [3.63, 3.8) is 0 Å². The molecule has 0 radical (unpaired) electrons. The number of hydrogen-bond donors (Lipinski definition) is 5. The number of aromatic nitrogens is 4. The van der Waals surface area contributed by atoms with Gasteiger partial charge in [-0.3, -0.25) is 15.4 Å². The number of fused-ring (bicyclic) bond motifs is 2. The fourth-order valence-corrected chi connectivity index (χ4v) is 3.35. The predicted octanol–water partition coefficient (Wildman–Crippen LogP) is 2.42. The summed E-state index contributed by atoms with van der Waals surface area (Å²) in [6.07, 6.45) is 5.13. The van der Waals surface area contributed by atoms with Crippen molar-refractivity contribution in [2.24, 2.45) is 0 Å². The molecule has 0 bridgehead atoms. The molecule has 1 aliphatic rings. The minimum Gasteiger partial charge on any atom is -0.395 e. The second-order valence-corrected chi connectivity index (χ2v) is 6.99. The highest BCUT2D eigenvalue weighted by Gasteiger charge is 2.22. The van der Waals surface area contributed by atoms with Crippen LogP contribution < -0.4 is 26.6 Å². The topological polar surface area (TPSA) is 123 Å². The number of nitrogens with zero attached hydrogens (tertiary/aromatic N) is 5. The van der Waals surface area contributed by atoms with Crippen LogP contribution in [0.4, 0.5) is 29.0 Å².